The maximum absolute atomic E-state index is 11.4. The van der Waals surface area contributed by atoms with Crippen LogP contribution in [0.5, 0.6) is 5.75 Å². The van der Waals surface area contributed by atoms with Gasteiger partial charge >= 0.3 is 5.97 Å². The molecule has 0 radical (unpaired) electrons. The Morgan fingerprint density at radius 3 is 2.44 bits per heavy atom. The molecule has 0 atom stereocenters. The first-order chi connectivity index (χ1) is 8.43. The molecule has 0 aliphatic carbocycles. The molecule has 1 aromatic rings. The second-order valence-corrected chi connectivity index (χ2v) is 5.77. The van der Waals surface area contributed by atoms with Crippen molar-refractivity contribution in [1.82, 2.24) is 0 Å². The number of hydrogen-bond donors (Lipinski definition) is 1. The number of ether oxygens (including phenoxy) is 2. The van der Waals surface area contributed by atoms with E-state index in [1.807, 2.05) is 0 Å². The Morgan fingerprint density at radius 1 is 1.28 bits per heavy atom. The Bertz CT molecular complexity index is 495. The number of benzene rings is 1. The first kappa shape index (κ1) is 14.3. The fourth-order valence-electron chi connectivity index (χ4n) is 1.16. The van der Waals surface area contributed by atoms with Crippen molar-refractivity contribution in [3.05, 3.63) is 24.3 Å². The Labute approximate surface area is 106 Å². The average molecular weight is 273 g/mol. The number of nitrogen functional groups attached to an aromatic ring is 1. The van der Waals surface area contributed by atoms with Gasteiger partial charge in [0.05, 0.1) is 12.9 Å². The van der Waals surface area contributed by atoms with Crippen LogP contribution in [-0.4, -0.2) is 39.6 Å². The zero-order valence-corrected chi connectivity index (χ0v) is 10.8. The van der Waals surface area contributed by atoms with Gasteiger partial charge in [0.25, 0.3) is 0 Å². The highest BCUT2D eigenvalue weighted by atomic mass is 32.2. The van der Waals surface area contributed by atoms with Crippen molar-refractivity contribution in [3.63, 3.8) is 0 Å². The minimum absolute atomic E-state index is 0.0246. The molecule has 0 saturated heterocycles. The van der Waals surface area contributed by atoms with Crippen molar-refractivity contribution in [2.45, 2.75) is 0 Å². The molecule has 1 rings (SSSR count). The molecule has 1 aromatic carbocycles. The third kappa shape index (κ3) is 5.05. The van der Waals surface area contributed by atoms with E-state index in [9.17, 15) is 13.2 Å². The third-order valence-corrected chi connectivity index (χ3v) is 3.57. The van der Waals surface area contributed by atoms with Gasteiger partial charge in [0.15, 0.2) is 9.84 Å². The molecule has 0 bridgehead atoms. The molecule has 0 spiro atoms. The van der Waals surface area contributed by atoms with Crippen LogP contribution < -0.4 is 10.5 Å². The van der Waals surface area contributed by atoms with Crippen LogP contribution in [0, 0.1) is 0 Å². The second-order valence-electron chi connectivity index (χ2n) is 3.59. The van der Waals surface area contributed by atoms with Crippen LogP contribution in [0.1, 0.15) is 0 Å². The number of anilines is 1. The summed E-state index contributed by atoms with van der Waals surface area (Å²) >= 11 is 0. The maximum Gasteiger partial charge on any atom is 0.320 e. The molecule has 0 fully saturated rings. The van der Waals surface area contributed by atoms with Gasteiger partial charge < -0.3 is 15.2 Å². The number of methoxy groups -OCH3 is 1. The summed E-state index contributed by atoms with van der Waals surface area (Å²) < 4.78 is 32.4. The summed E-state index contributed by atoms with van der Waals surface area (Å²) in [6, 6.07) is 6.58. The highest BCUT2D eigenvalue weighted by Crippen LogP contribution is 2.12. The van der Waals surface area contributed by atoms with Crippen LogP contribution in [0.4, 0.5) is 5.69 Å². The minimum Gasteiger partial charge on any atom is -0.493 e. The Kier molecular flexibility index (Phi) is 4.96. The van der Waals surface area contributed by atoms with Gasteiger partial charge in [-0.2, -0.15) is 0 Å². The second kappa shape index (κ2) is 6.25. The highest BCUT2D eigenvalue weighted by Gasteiger charge is 2.17. The fraction of sp³-hybridized carbons (Fsp3) is 0.364. The summed E-state index contributed by atoms with van der Waals surface area (Å²) in [5, 5.41) is 0. The molecule has 100 valence electrons. The van der Waals surface area contributed by atoms with Crippen molar-refractivity contribution in [1.29, 1.82) is 0 Å². The summed E-state index contributed by atoms with van der Waals surface area (Å²) in [6.45, 7) is -0.0246. The van der Waals surface area contributed by atoms with E-state index in [0.717, 1.165) is 7.11 Å². The Balaban J connectivity index is 2.41. The maximum atomic E-state index is 11.4. The molecule has 7 heteroatoms. The van der Waals surface area contributed by atoms with Crippen molar-refractivity contribution in [2.75, 3.05) is 31.0 Å². The van der Waals surface area contributed by atoms with Crippen LogP contribution in [0.25, 0.3) is 0 Å². The number of carbonyl (C=O) groups is 1. The third-order valence-electron chi connectivity index (χ3n) is 2.11. The number of sulfone groups is 1. The Hall–Kier alpha value is -1.76. The van der Waals surface area contributed by atoms with Crippen molar-refractivity contribution >= 4 is 21.5 Å². The SMILES string of the molecule is COC(=O)CS(=O)(=O)CCOc1ccc(N)cc1. The fourth-order valence-corrected chi connectivity index (χ4v) is 2.12. The molecular weight excluding hydrogens is 258 g/mol. The van der Waals surface area contributed by atoms with Crippen molar-refractivity contribution in [2.24, 2.45) is 0 Å². The van der Waals surface area contributed by atoms with Gasteiger partial charge in [0.1, 0.15) is 18.1 Å². The smallest absolute Gasteiger partial charge is 0.320 e. The summed E-state index contributed by atoms with van der Waals surface area (Å²) in [6.07, 6.45) is 0. The first-order valence-electron chi connectivity index (χ1n) is 5.18. The zero-order chi connectivity index (χ0) is 13.6. The number of esters is 1. The van der Waals surface area contributed by atoms with E-state index in [2.05, 4.69) is 4.74 Å². The number of nitrogens with two attached hydrogens (primary N) is 1. The standard InChI is InChI=1S/C11H15NO5S/c1-16-11(13)8-18(14,15)7-6-17-10-4-2-9(12)3-5-10/h2-5H,6-8,12H2,1H3. The van der Waals surface area contributed by atoms with Gasteiger partial charge in [0.2, 0.25) is 0 Å². The molecule has 6 nitrogen and oxygen atoms in total. The summed E-state index contributed by atoms with van der Waals surface area (Å²) in [5.74, 6) is -1.12. The average Bonchev–Trinajstić information content (AvgIpc) is 2.31. The van der Waals surface area contributed by atoms with E-state index in [0.29, 0.717) is 11.4 Å². The highest BCUT2D eigenvalue weighted by molar-refractivity contribution is 7.92. The molecule has 2 N–H and O–H groups in total. The van der Waals surface area contributed by atoms with Crippen LogP contribution in [0.2, 0.25) is 0 Å². The van der Waals surface area contributed by atoms with Crippen LogP contribution in [0.3, 0.4) is 0 Å². The van der Waals surface area contributed by atoms with Crippen LogP contribution in [0.15, 0.2) is 24.3 Å². The van der Waals surface area contributed by atoms with Gasteiger partial charge in [-0.05, 0) is 24.3 Å². The lowest BCUT2D eigenvalue weighted by atomic mass is 10.3. The summed E-state index contributed by atoms with van der Waals surface area (Å²) in [5.41, 5.74) is 6.09. The normalized spacial score (nSPS) is 10.9. The molecule has 18 heavy (non-hydrogen) atoms. The van der Waals surface area contributed by atoms with Gasteiger partial charge in [0, 0.05) is 5.69 Å². The molecule has 0 saturated carbocycles. The number of carbonyl (C=O) groups excluding carboxylic acids is 1. The van der Waals surface area contributed by atoms with E-state index in [-0.39, 0.29) is 12.4 Å². The lowest BCUT2D eigenvalue weighted by Gasteiger charge is -2.06. The van der Waals surface area contributed by atoms with Crippen LogP contribution in [-0.2, 0) is 19.4 Å². The van der Waals surface area contributed by atoms with E-state index < -0.39 is 21.6 Å². The predicted molar refractivity (Wildman–Crippen MR) is 67.0 cm³/mol. The van der Waals surface area contributed by atoms with E-state index in [1.54, 1.807) is 24.3 Å². The summed E-state index contributed by atoms with van der Waals surface area (Å²) in [4.78, 5) is 10.8. The Morgan fingerprint density at radius 2 is 1.89 bits per heavy atom. The summed E-state index contributed by atoms with van der Waals surface area (Å²) in [7, 11) is -2.35. The molecular formula is C11H15NO5S. The molecule has 0 unspecified atom stereocenters. The first-order valence-corrected chi connectivity index (χ1v) is 7.00. The zero-order valence-electron chi connectivity index (χ0n) is 9.96. The van der Waals surface area contributed by atoms with E-state index in [4.69, 9.17) is 10.5 Å². The molecule has 0 aliphatic rings. The molecule has 0 heterocycles. The lowest BCUT2D eigenvalue weighted by molar-refractivity contribution is -0.137. The number of hydrogen-bond acceptors (Lipinski definition) is 6. The molecule has 0 amide bonds. The van der Waals surface area contributed by atoms with Gasteiger partial charge in [-0.25, -0.2) is 8.42 Å². The van der Waals surface area contributed by atoms with Crippen LogP contribution >= 0.6 is 0 Å². The van der Waals surface area contributed by atoms with Crippen molar-refractivity contribution < 1.29 is 22.7 Å². The van der Waals surface area contributed by atoms with Gasteiger partial charge in [-0.1, -0.05) is 0 Å². The predicted octanol–water partition coefficient (Wildman–Crippen LogP) is 0.235. The monoisotopic (exact) mass is 273 g/mol. The van der Waals surface area contributed by atoms with Gasteiger partial charge in [-0.3, -0.25) is 4.79 Å². The topological polar surface area (TPSA) is 95.7 Å². The van der Waals surface area contributed by atoms with E-state index in [1.165, 1.54) is 0 Å². The quantitative estimate of drug-likeness (QED) is 0.589. The molecule has 0 aromatic heterocycles. The lowest BCUT2D eigenvalue weighted by Crippen LogP contribution is -2.23. The number of rotatable bonds is 6. The minimum atomic E-state index is -3.50. The molecule has 0 aliphatic heterocycles. The van der Waals surface area contributed by atoms with E-state index >= 15 is 0 Å². The largest absolute Gasteiger partial charge is 0.493 e. The van der Waals surface area contributed by atoms with Crippen molar-refractivity contribution in [3.8, 4) is 5.75 Å². The van der Waals surface area contributed by atoms with Gasteiger partial charge in [-0.15, -0.1) is 0 Å².